The molecule has 1 heterocycles. The average Bonchev–Trinajstić information content (AvgIpc) is 2.18. The fraction of sp³-hybridized carbons (Fsp3) is 0.889. The summed E-state index contributed by atoms with van der Waals surface area (Å²) in [6.45, 7) is 3.10. The normalized spacial score (nSPS) is 23.4. The average molecular weight is 202 g/mol. The standard InChI is InChI=1S/C9H18N2O3/c1-11-4-6-14-7-8(11)9(12)10-3-5-13-2/h8H,3-7H2,1-2H3,(H,10,12). The van der Waals surface area contributed by atoms with Crippen molar-refractivity contribution < 1.29 is 14.3 Å². The first kappa shape index (κ1) is 11.4. The summed E-state index contributed by atoms with van der Waals surface area (Å²) >= 11 is 0. The summed E-state index contributed by atoms with van der Waals surface area (Å²) in [5.74, 6) is 0.0178. The third kappa shape index (κ3) is 3.25. The molecule has 0 spiro atoms. The molecule has 0 radical (unpaired) electrons. The minimum atomic E-state index is -0.152. The molecule has 14 heavy (non-hydrogen) atoms. The molecule has 1 unspecified atom stereocenters. The van der Waals surface area contributed by atoms with Crippen LogP contribution in [0.4, 0.5) is 0 Å². The van der Waals surface area contributed by atoms with Crippen molar-refractivity contribution in [3.8, 4) is 0 Å². The molecule has 0 bridgehead atoms. The lowest BCUT2D eigenvalue weighted by Gasteiger charge is -2.31. The summed E-state index contributed by atoms with van der Waals surface area (Å²) < 4.78 is 10.1. The zero-order valence-corrected chi connectivity index (χ0v) is 8.78. The Morgan fingerprint density at radius 1 is 1.71 bits per heavy atom. The Kier molecular flexibility index (Phi) is 4.86. The van der Waals surface area contributed by atoms with Gasteiger partial charge in [0.05, 0.1) is 19.8 Å². The lowest BCUT2D eigenvalue weighted by molar-refractivity contribution is -0.131. The molecule has 5 nitrogen and oxygen atoms in total. The van der Waals surface area contributed by atoms with Crippen LogP contribution in [0.25, 0.3) is 0 Å². The number of methoxy groups -OCH3 is 1. The maximum Gasteiger partial charge on any atom is 0.239 e. The molecular weight excluding hydrogens is 184 g/mol. The van der Waals surface area contributed by atoms with E-state index in [4.69, 9.17) is 9.47 Å². The number of ether oxygens (including phenoxy) is 2. The Bertz CT molecular complexity index is 187. The molecule has 1 amide bonds. The second kappa shape index (κ2) is 5.95. The van der Waals surface area contributed by atoms with E-state index in [-0.39, 0.29) is 11.9 Å². The molecule has 1 saturated heterocycles. The van der Waals surface area contributed by atoms with Crippen LogP contribution in [-0.2, 0) is 14.3 Å². The highest BCUT2D eigenvalue weighted by Gasteiger charge is 2.25. The van der Waals surface area contributed by atoms with Crippen LogP contribution in [0, 0.1) is 0 Å². The van der Waals surface area contributed by atoms with Crippen LogP contribution >= 0.6 is 0 Å². The molecule has 1 aliphatic heterocycles. The van der Waals surface area contributed by atoms with Crippen molar-refractivity contribution in [2.45, 2.75) is 6.04 Å². The minimum absolute atomic E-state index is 0.0178. The fourth-order valence-corrected chi connectivity index (χ4v) is 1.36. The molecule has 82 valence electrons. The van der Waals surface area contributed by atoms with E-state index in [1.807, 2.05) is 11.9 Å². The molecule has 0 saturated carbocycles. The monoisotopic (exact) mass is 202 g/mol. The van der Waals surface area contributed by atoms with Crippen LogP contribution in [-0.4, -0.2) is 63.9 Å². The van der Waals surface area contributed by atoms with Gasteiger partial charge in [0.2, 0.25) is 5.91 Å². The van der Waals surface area contributed by atoms with E-state index >= 15 is 0 Å². The Hall–Kier alpha value is -0.650. The molecule has 0 aliphatic carbocycles. The molecular formula is C9H18N2O3. The van der Waals surface area contributed by atoms with Gasteiger partial charge >= 0.3 is 0 Å². The summed E-state index contributed by atoms with van der Waals surface area (Å²) in [6.07, 6.45) is 0. The predicted octanol–water partition coefficient (Wildman–Crippen LogP) is -0.920. The van der Waals surface area contributed by atoms with Gasteiger partial charge < -0.3 is 14.8 Å². The quantitative estimate of drug-likeness (QED) is 0.599. The van der Waals surface area contributed by atoms with Crippen molar-refractivity contribution in [2.24, 2.45) is 0 Å². The first-order valence-corrected chi connectivity index (χ1v) is 4.80. The second-order valence-electron chi connectivity index (χ2n) is 3.36. The van der Waals surface area contributed by atoms with E-state index in [0.717, 1.165) is 6.54 Å². The van der Waals surface area contributed by atoms with Gasteiger partial charge in [-0.05, 0) is 7.05 Å². The highest BCUT2D eigenvalue weighted by atomic mass is 16.5. The maximum atomic E-state index is 11.6. The van der Waals surface area contributed by atoms with E-state index in [9.17, 15) is 4.79 Å². The van der Waals surface area contributed by atoms with Crippen molar-refractivity contribution in [3.05, 3.63) is 0 Å². The van der Waals surface area contributed by atoms with Crippen LogP contribution in [0.15, 0.2) is 0 Å². The van der Waals surface area contributed by atoms with E-state index in [1.165, 1.54) is 0 Å². The van der Waals surface area contributed by atoms with Gasteiger partial charge in [-0.25, -0.2) is 0 Å². The van der Waals surface area contributed by atoms with E-state index < -0.39 is 0 Å². The smallest absolute Gasteiger partial charge is 0.239 e. The van der Waals surface area contributed by atoms with Gasteiger partial charge in [0, 0.05) is 20.2 Å². The molecule has 1 fully saturated rings. The number of nitrogens with zero attached hydrogens (tertiary/aromatic N) is 1. The number of carbonyl (C=O) groups excluding carboxylic acids is 1. The molecule has 0 aromatic heterocycles. The van der Waals surface area contributed by atoms with Crippen LogP contribution in [0.3, 0.4) is 0 Å². The van der Waals surface area contributed by atoms with Gasteiger partial charge in [0.15, 0.2) is 0 Å². The molecule has 1 N–H and O–H groups in total. The SMILES string of the molecule is COCCNC(=O)C1COCCN1C. The van der Waals surface area contributed by atoms with Crippen molar-refractivity contribution in [2.75, 3.05) is 47.1 Å². The van der Waals surface area contributed by atoms with Crippen LogP contribution in [0.2, 0.25) is 0 Å². The van der Waals surface area contributed by atoms with Gasteiger partial charge in [-0.15, -0.1) is 0 Å². The Morgan fingerprint density at radius 3 is 3.14 bits per heavy atom. The van der Waals surface area contributed by atoms with Crippen molar-refractivity contribution in [3.63, 3.8) is 0 Å². The third-order valence-electron chi connectivity index (χ3n) is 2.30. The summed E-state index contributed by atoms with van der Waals surface area (Å²) in [7, 11) is 3.55. The molecule has 0 aromatic rings. The minimum Gasteiger partial charge on any atom is -0.383 e. The lowest BCUT2D eigenvalue weighted by atomic mass is 10.2. The maximum absolute atomic E-state index is 11.6. The van der Waals surface area contributed by atoms with Gasteiger partial charge in [0.1, 0.15) is 6.04 Å². The van der Waals surface area contributed by atoms with Gasteiger partial charge in [0.25, 0.3) is 0 Å². The van der Waals surface area contributed by atoms with Gasteiger partial charge in [-0.3, -0.25) is 9.69 Å². The molecule has 1 rings (SSSR count). The highest BCUT2D eigenvalue weighted by molar-refractivity contribution is 5.81. The molecule has 5 heteroatoms. The number of hydrogen-bond acceptors (Lipinski definition) is 4. The van der Waals surface area contributed by atoms with Crippen molar-refractivity contribution in [1.29, 1.82) is 0 Å². The number of morpholine rings is 1. The van der Waals surface area contributed by atoms with Crippen LogP contribution < -0.4 is 5.32 Å². The number of amides is 1. The van der Waals surface area contributed by atoms with Crippen LogP contribution in [0.1, 0.15) is 0 Å². The second-order valence-corrected chi connectivity index (χ2v) is 3.36. The van der Waals surface area contributed by atoms with E-state index in [0.29, 0.717) is 26.4 Å². The first-order valence-electron chi connectivity index (χ1n) is 4.80. The Morgan fingerprint density at radius 2 is 2.50 bits per heavy atom. The number of likely N-dealkylation sites (N-methyl/N-ethyl adjacent to an activating group) is 1. The number of carbonyl (C=O) groups is 1. The number of nitrogens with one attached hydrogen (secondary N) is 1. The summed E-state index contributed by atoms with van der Waals surface area (Å²) in [6, 6.07) is -0.152. The summed E-state index contributed by atoms with van der Waals surface area (Å²) in [5.41, 5.74) is 0. The van der Waals surface area contributed by atoms with E-state index in [2.05, 4.69) is 5.32 Å². The Labute approximate surface area is 84.4 Å². The van der Waals surface area contributed by atoms with E-state index in [1.54, 1.807) is 7.11 Å². The molecule has 0 aromatic carbocycles. The molecule has 1 atom stereocenters. The highest BCUT2D eigenvalue weighted by Crippen LogP contribution is 2.03. The Balaban J connectivity index is 2.27. The zero-order valence-electron chi connectivity index (χ0n) is 8.78. The van der Waals surface area contributed by atoms with Crippen molar-refractivity contribution >= 4 is 5.91 Å². The van der Waals surface area contributed by atoms with Gasteiger partial charge in [-0.2, -0.15) is 0 Å². The summed E-state index contributed by atoms with van der Waals surface area (Å²) in [5, 5.41) is 2.80. The number of hydrogen-bond donors (Lipinski definition) is 1. The largest absolute Gasteiger partial charge is 0.383 e. The third-order valence-corrected chi connectivity index (χ3v) is 2.30. The lowest BCUT2D eigenvalue weighted by Crippen LogP contribution is -2.52. The van der Waals surface area contributed by atoms with Crippen molar-refractivity contribution in [1.82, 2.24) is 10.2 Å². The topological polar surface area (TPSA) is 50.8 Å². The number of rotatable bonds is 4. The van der Waals surface area contributed by atoms with Crippen LogP contribution in [0.5, 0.6) is 0 Å². The summed E-state index contributed by atoms with van der Waals surface area (Å²) in [4.78, 5) is 13.6. The fourth-order valence-electron chi connectivity index (χ4n) is 1.36. The first-order chi connectivity index (χ1) is 6.75. The zero-order chi connectivity index (χ0) is 10.4. The van der Waals surface area contributed by atoms with Gasteiger partial charge in [-0.1, -0.05) is 0 Å². The predicted molar refractivity (Wildman–Crippen MR) is 52.1 cm³/mol. The molecule has 1 aliphatic rings.